The van der Waals surface area contributed by atoms with Crippen molar-refractivity contribution in [2.75, 3.05) is 6.61 Å². The second-order valence-electron chi connectivity index (χ2n) is 6.05. The highest BCUT2D eigenvalue weighted by Gasteiger charge is 2.19. The zero-order chi connectivity index (χ0) is 18.6. The lowest BCUT2D eigenvalue weighted by Gasteiger charge is -2.11. The summed E-state index contributed by atoms with van der Waals surface area (Å²) >= 11 is 0. The summed E-state index contributed by atoms with van der Waals surface area (Å²) in [6, 6.07) is 7.78. The predicted molar refractivity (Wildman–Crippen MR) is 101 cm³/mol. The van der Waals surface area contributed by atoms with Crippen LogP contribution in [0.4, 0.5) is 0 Å². The number of ether oxygens (including phenoxy) is 1. The van der Waals surface area contributed by atoms with Gasteiger partial charge in [0.05, 0.1) is 12.3 Å². The average Bonchev–Trinajstić information content (AvgIpc) is 2.93. The molecule has 1 aliphatic heterocycles. The van der Waals surface area contributed by atoms with Crippen LogP contribution in [-0.4, -0.2) is 28.2 Å². The van der Waals surface area contributed by atoms with Crippen LogP contribution >= 0.6 is 0 Å². The van der Waals surface area contributed by atoms with E-state index >= 15 is 0 Å². The molecule has 0 fully saturated rings. The first-order valence-electron chi connectivity index (χ1n) is 8.78. The van der Waals surface area contributed by atoms with Crippen molar-refractivity contribution in [3.8, 4) is 11.4 Å². The Labute approximate surface area is 149 Å². The normalized spacial score (nSPS) is 12.1. The highest BCUT2D eigenvalue weighted by atomic mass is 16.5. The van der Waals surface area contributed by atoms with Crippen LogP contribution in [0.25, 0.3) is 11.4 Å². The Morgan fingerprint density at radius 1 is 1.32 bits per heavy atom. The van der Waals surface area contributed by atoms with Crippen LogP contribution in [0.15, 0.2) is 30.8 Å². The summed E-state index contributed by atoms with van der Waals surface area (Å²) in [5.41, 5.74) is 4.11. The fourth-order valence-corrected chi connectivity index (χ4v) is 2.67. The maximum atomic E-state index is 11.7. The third-order valence-electron chi connectivity index (χ3n) is 3.76. The lowest BCUT2D eigenvalue weighted by Crippen LogP contribution is -2.20. The second-order valence-corrected chi connectivity index (χ2v) is 6.05. The molecule has 0 saturated heterocycles. The molecule has 0 radical (unpaired) electrons. The molecule has 1 aromatic carbocycles. The molecule has 5 heteroatoms. The number of nitrogens with zero attached hydrogens (tertiary/aromatic N) is 2. The maximum absolute atomic E-state index is 11.7. The van der Waals surface area contributed by atoms with Gasteiger partial charge < -0.3 is 10.1 Å². The minimum absolute atomic E-state index is 0.0249. The fourth-order valence-electron chi connectivity index (χ4n) is 2.67. The first-order chi connectivity index (χ1) is 12.0. The molecule has 2 heterocycles. The number of ketones is 1. The maximum Gasteiger partial charge on any atom is 0.159 e. The van der Waals surface area contributed by atoms with E-state index in [9.17, 15) is 4.79 Å². The molecule has 134 valence electrons. The molecule has 1 aromatic heterocycles. The van der Waals surface area contributed by atoms with E-state index in [0.717, 1.165) is 34.9 Å². The van der Waals surface area contributed by atoms with Crippen LogP contribution in [0.3, 0.4) is 0 Å². The molecule has 0 aliphatic carbocycles. The Morgan fingerprint density at radius 2 is 2.04 bits per heavy atom. The third kappa shape index (κ3) is 4.10. The van der Waals surface area contributed by atoms with E-state index in [0.29, 0.717) is 18.2 Å². The van der Waals surface area contributed by atoms with Crippen LogP contribution in [0.2, 0.25) is 0 Å². The molecule has 1 N–H and O–H groups in total. The van der Waals surface area contributed by atoms with E-state index in [1.807, 2.05) is 36.7 Å². The SMILES string of the molecule is C=C(NC(C)C)c1cc2n(n1)-c1cc(C(C)=O)ccc1OCC2.CC. The van der Waals surface area contributed by atoms with Crippen molar-refractivity contribution in [2.45, 2.75) is 47.1 Å². The van der Waals surface area contributed by atoms with Crippen molar-refractivity contribution in [1.29, 1.82) is 0 Å². The number of carbonyl (C=O) groups is 1. The monoisotopic (exact) mass is 341 g/mol. The van der Waals surface area contributed by atoms with E-state index in [1.54, 1.807) is 13.0 Å². The number of benzene rings is 1. The largest absolute Gasteiger partial charge is 0.491 e. The van der Waals surface area contributed by atoms with Crippen molar-refractivity contribution >= 4 is 11.5 Å². The Bertz CT molecular complexity index is 775. The summed E-state index contributed by atoms with van der Waals surface area (Å²) in [5.74, 6) is 0.766. The third-order valence-corrected chi connectivity index (χ3v) is 3.76. The molecule has 25 heavy (non-hydrogen) atoms. The number of hydrogen-bond acceptors (Lipinski definition) is 4. The van der Waals surface area contributed by atoms with Gasteiger partial charge in [0.25, 0.3) is 0 Å². The smallest absolute Gasteiger partial charge is 0.159 e. The van der Waals surface area contributed by atoms with Crippen molar-refractivity contribution in [2.24, 2.45) is 0 Å². The number of hydrogen-bond donors (Lipinski definition) is 1. The zero-order valence-electron chi connectivity index (χ0n) is 15.7. The van der Waals surface area contributed by atoms with Gasteiger partial charge in [-0.15, -0.1) is 0 Å². The van der Waals surface area contributed by atoms with Crippen LogP contribution in [-0.2, 0) is 6.42 Å². The van der Waals surface area contributed by atoms with Crippen LogP contribution < -0.4 is 10.1 Å². The van der Waals surface area contributed by atoms with E-state index in [2.05, 4.69) is 30.8 Å². The summed E-state index contributed by atoms with van der Waals surface area (Å²) in [7, 11) is 0. The Morgan fingerprint density at radius 3 is 2.68 bits per heavy atom. The number of fused-ring (bicyclic) bond motifs is 3. The highest BCUT2D eigenvalue weighted by Crippen LogP contribution is 2.29. The minimum Gasteiger partial charge on any atom is -0.491 e. The van der Waals surface area contributed by atoms with E-state index in [1.165, 1.54) is 0 Å². The van der Waals surface area contributed by atoms with Gasteiger partial charge in [-0.25, -0.2) is 4.68 Å². The lowest BCUT2D eigenvalue weighted by atomic mass is 10.1. The molecule has 0 amide bonds. The molecule has 0 bridgehead atoms. The first kappa shape index (κ1) is 18.8. The number of nitrogens with one attached hydrogen (secondary N) is 1. The van der Waals surface area contributed by atoms with Gasteiger partial charge in [-0.1, -0.05) is 20.4 Å². The van der Waals surface area contributed by atoms with Gasteiger partial charge in [0, 0.05) is 23.7 Å². The van der Waals surface area contributed by atoms with Crippen molar-refractivity contribution in [3.05, 3.63) is 47.8 Å². The van der Waals surface area contributed by atoms with Crippen molar-refractivity contribution in [3.63, 3.8) is 0 Å². The summed E-state index contributed by atoms with van der Waals surface area (Å²) in [6.07, 6.45) is 0.756. The standard InChI is InChI=1S/C18H21N3O2.C2H6/c1-11(2)19-12(3)16-10-15-7-8-23-18-6-5-14(13(4)22)9-17(18)21(15)20-16;1-2/h5-6,9-11,19H,3,7-8H2,1-2,4H3;1-2H3. The molecular formula is C20H27N3O2. The predicted octanol–water partition coefficient (Wildman–Crippen LogP) is 4.00. The minimum atomic E-state index is 0.0249. The number of aromatic nitrogens is 2. The van der Waals surface area contributed by atoms with Gasteiger partial charge in [-0.05, 0) is 45.0 Å². The van der Waals surface area contributed by atoms with Crippen molar-refractivity contribution < 1.29 is 9.53 Å². The van der Waals surface area contributed by atoms with Crippen LogP contribution in [0, 0.1) is 0 Å². The molecule has 0 atom stereocenters. The summed E-state index contributed by atoms with van der Waals surface area (Å²) in [4.78, 5) is 11.7. The molecule has 0 spiro atoms. The number of carbonyl (C=O) groups excluding carboxylic acids is 1. The van der Waals surface area contributed by atoms with Gasteiger partial charge in [0.2, 0.25) is 0 Å². The van der Waals surface area contributed by atoms with Gasteiger partial charge in [0.15, 0.2) is 5.78 Å². The molecular weight excluding hydrogens is 314 g/mol. The zero-order valence-corrected chi connectivity index (χ0v) is 15.7. The number of Topliss-reactive ketones (excluding diaryl/α,β-unsaturated/α-hetero) is 1. The van der Waals surface area contributed by atoms with E-state index in [4.69, 9.17) is 4.74 Å². The Hall–Kier alpha value is -2.56. The van der Waals surface area contributed by atoms with Crippen LogP contribution in [0.5, 0.6) is 5.75 Å². The lowest BCUT2D eigenvalue weighted by molar-refractivity contribution is 0.101. The van der Waals surface area contributed by atoms with E-state index < -0.39 is 0 Å². The van der Waals surface area contributed by atoms with Crippen molar-refractivity contribution in [1.82, 2.24) is 15.1 Å². The summed E-state index contributed by atoms with van der Waals surface area (Å²) in [6.45, 7) is 14.3. The van der Waals surface area contributed by atoms with E-state index in [-0.39, 0.29) is 5.78 Å². The van der Waals surface area contributed by atoms with Crippen LogP contribution in [0.1, 0.15) is 56.4 Å². The quantitative estimate of drug-likeness (QED) is 0.854. The van der Waals surface area contributed by atoms with Gasteiger partial charge >= 0.3 is 0 Å². The molecule has 5 nitrogen and oxygen atoms in total. The van der Waals surface area contributed by atoms with Gasteiger partial charge in [-0.3, -0.25) is 4.79 Å². The number of rotatable bonds is 4. The Kier molecular flexibility index (Phi) is 6.02. The van der Waals surface area contributed by atoms with Gasteiger partial charge in [0.1, 0.15) is 17.1 Å². The van der Waals surface area contributed by atoms with Gasteiger partial charge in [-0.2, -0.15) is 5.10 Å². The molecule has 0 unspecified atom stereocenters. The average molecular weight is 341 g/mol. The summed E-state index contributed by atoms with van der Waals surface area (Å²) < 4.78 is 7.64. The Balaban J connectivity index is 0.00000109. The summed E-state index contributed by atoms with van der Waals surface area (Å²) in [5, 5.41) is 7.95. The highest BCUT2D eigenvalue weighted by molar-refractivity contribution is 5.95. The molecule has 2 aromatic rings. The fraction of sp³-hybridized carbons (Fsp3) is 0.400. The first-order valence-corrected chi connectivity index (χ1v) is 8.78. The molecule has 1 aliphatic rings. The molecule has 3 rings (SSSR count). The second kappa shape index (κ2) is 8.01. The molecule has 0 saturated carbocycles. The topological polar surface area (TPSA) is 56.2 Å².